The molecular formula is C6H11OZn. The topological polar surface area (TPSA) is 9.23 Å². The third-order valence-electron chi connectivity index (χ3n) is 1.79. The Morgan fingerprint density at radius 2 is 1.75 bits per heavy atom. The van der Waals surface area contributed by atoms with Gasteiger partial charge in [-0.15, -0.1) is 0 Å². The Labute approximate surface area is 60.9 Å². The van der Waals surface area contributed by atoms with Crippen molar-refractivity contribution in [2.45, 2.75) is 38.2 Å². The van der Waals surface area contributed by atoms with Crippen molar-refractivity contribution >= 4 is 0 Å². The summed E-state index contributed by atoms with van der Waals surface area (Å²) in [6.07, 6.45) is 7.50. The molecule has 0 radical (unpaired) electrons. The van der Waals surface area contributed by atoms with Crippen molar-refractivity contribution in [2.75, 3.05) is 0 Å². The molecule has 0 aliphatic heterocycles. The second kappa shape index (κ2) is 3.58. The molecule has 0 spiro atoms. The van der Waals surface area contributed by atoms with Crippen LogP contribution in [0.1, 0.15) is 32.1 Å². The molecule has 1 rings (SSSR count). The maximum atomic E-state index is 5.32. The van der Waals surface area contributed by atoms with Gasteiger partial charge in [0.1, 0.15) is 0 Å². The van der Waals surface area contributed by atoms with Crippen molar-refractivity contribution in [3.8, 4) is 0 Å². The van der Waals surface area contributed by atoms with E-state index >= 15 is 0 Å². The maximum absolute atomic E-state index is 5.32. The summed E-state index contributed by atoms with van der Waals surface area (Å²) in [5, 5.41) is 0. The van der Waals surface area contributed by atoms with Gasteiger partial charge in [-0.3, -0.25) is 0 Å². The second-order valence-electron chi connectivity index (χ2n) is 2.43. The van der Waals surface area contributed by atoms with E-state index in [2.05, 4.69) is 0 Å². The Hall–Kier alpha value is 0.583. The van der Waals surface area contributed by atoms with Crippen molar-refractivity contribution in [1.82, 2.24) is 0 Å². The van der Waals surface area contributed by atoms with Crippen LogP contribution in [0.2, 0.25) is 0 Å². The van der Waals surface area contributed by atoms with Gasteiger partial charge in [-0.1, -0.05) is 0 Å². The zero-order valence-corrected chi connectivity index (χ0v) is 8.20. The first-order valence-electron chi connectivity index (χ1n) is 3.34. The van der Waals surface area contributed by atoms with Crippen molar-refractivity contribution < 1.29 is 22.2 Å². The van der Waals surface area contributed by atoms with E-state index < -0.39 is 0 Å². The predicted octanol–water partition coefficient (Wildman–Crippen LogP) is 1.80. The van der Waals surface area contributed by atoms with E-state index in [0.717, 1.165) is 18.7 Å². The van der Waals surface area contributed by atoms with Gasteiger partial charge in [0.2, 0.25) is 0 Å². The third kappa shape index (κ3) is 1.83. The molecule has 1 aliphatic carbocycles. The van der Waals surface area contributed by atoms with Crippen molar-refractivity contribution in [3.05, 3.63) is 0 Å². The summed E-state index contributed by atoms with van der Waals surface area (Å²) in [7, 11) is 0. The van der Waals surface area contributed by atoms with Crippen LogP contribution in [-0.4, -0.2) is 6.10 Å². The summed E-state index contributed by atoms with van der Waals surface area (Å²) in [6.45, 7) is 0. The van der Waals surface area contributed by atoms with Crippen LogP contribution in [0, 0.1) is 0 Å². The van der Waals surface area contributed by atoms with Crippen molar-refractivity contribution in [1.29, 1.82) is 0 Å². The molecule has 1 saturated carbocycles. The summed E-state index contributed by atoms with van der Waals surface area (Å²) in [5.74, 6) is 0. The standard InChI is InChI=1S/C6H11O.Zn/c7-6-4-2-1-3-5-6;/h6H,1-5H2;/q-1;+1. The Bertz CT molecular complexity index is 59.5. The van der Waals surface area contributed by atoms with Crippen LogP contribution >= 0.6 is 0 Å². The van der Waals surface area contributed by atoms with Crippen molar-refractivity contribution in [3.63, 3.8) is 0 Å². The fourth-order valence-electron chi connectivity index (χ4n) is 1.23. The molecule has 0 amide bonds. The number of hydrogen-bond acceptors (Lipinski definition) is 1. The van der Waals surface area contributed by atoms with Crippen LogP contribution in [0.5, 0.6) is 0 Å². The average Bonchev–Trinajstić information content (AvgIpc) is 1.90. The molecule has 8 heavy (non-hydrogen) atoms. The van der Waals surface area contributed by atoms with Gasteiger partial charge >= 0.3 is 60.4 Å². The summed E-state index contributed by atoms with van der Waals surface area (Å²) in [6, 6.07) is 0. The van der Waals surface area contributed by atoms with Crippen LogP contribution < -0.4 is 0 Å². The van der Waals surface area contributed by atoms with E-state index in [1.807, 2.05) is 0 Å². The van der Waals surface area contributed by atoms with E-state index in [1.165, 1.54) is 32.1 Å². The number of hydrogen-bond donors (Lipinski definition) is 0. The normalized spacial score (nSPS) is 23.8. The molecule has 0 aromatic carbocycles. The second-order valence-corrected chi connectivity index (χ2v) is 3.13. The number of rotatable bonds is 1. The van der Waals surface area contributed by atoms with Crippen LogP contribution in [0.15, 0.2) is 0 Å². The van der Waals surface area contributed by atoms with Crippen LogP contribution in [0.4, 0.5) is 0 Å². The van der Waals surface area contributed by atoms with Gasteiger partial charge in [0, 0.05) is 0 Å². The Kier molecular flexibility index (Phi) is 3.00. The van der Waals surface area contributed by atoms with Gasteiger partial charge in [0.05, 0.1) is 0 Å². The molecule has 0 aromatic heterocycles. The van der Waals surface area contributed by atoms with Crippen molar-refractivity contribution in [2.24, 2.45) is 0 Å². The molecule has 43 valence electrons. The predicted molar refractivity (Wildman–Crippen MR) is 28.0 cm³/mol. The van der Waals surface area contributed by atoms with Gasteiger partial charge in [-0.05, 0) is 0 Å². The van der Waals surface area contributed by atoms with Crippen LogP contribution in [0.3, 0.4) is 0 Å². The Balaban J connectivity index is 2.13. The molecule has 1 nitrogen and oxygen atoms in total. The first kappa shape index (κ1) is 6.70. The molecular weight excluding hydrogens is 153 g/mol. The van der Waals surface area contributed by atoms with Crippen LogP contribution in [-0.2, 0) is 22.2 Å². The first-order chi connectivity index (χ1) is 3.93. The van der Waals surface area contributed by atoms with Gasteiger partial charge in [0.15, 0.2) is 0 Å². The fourth-order valence-corrected chi connectivity index (χ4v) is 1.93. The summed E-state index contributed by atoms with van der Waals surface area (Å²) < 4.78 is 5.32. The molecule has 2 heteroatoms. The summed E-state index contributed by atoms with van der Waals surface area (Å²) in [5.41, 5.74) is 0. The minimum atomic E-state index is 0.642. The summed E-state index contributed by atoms with van der Waals surface area (Å²) in [4.78, 5) is 0. The zero-order valence-electron chi connectivity index (χ0n) is 5.23. The molecule has 0 unspecified atom stereocenters. The van der Waals surface area contributed by atoms with E-state index in [9.17, 15) is 0 Å². The first-order valence-corrected chi connectivity index (χ1v) is 4.55. The van der Waals surface area contributed by atoms with E-state index in [4.69, 9.17) is 3.56 Å². The van der Waals surface area contributed by atoms with E-state index in [0.29, 0.717) is 6.10 Å². The Morgan fingerprint density at radius 1 is 1.12 bits per heavy atom. The van der Waals surface area contributed by atoms with Gasteiger partial charge in [-0.25, -0.2) is 0 Å². The molecule has 1 aliphatic rings. The molecule has 0 atom stereocenters. The molecule has 1 fully saturated rings. The molecule has 0 N–H and O–H groups in total. The van der Waals surface area contributed by atoms with E-state index in [1.54, 1.807) is 0 Å². The van der Waals surface area contributed by atoms with Gasteiger partial charge in [-0.2, -0.15) is 0 Å². The average molecular weight is 165 g/mol. The SMILES string of the molecule is [Zn][O]C1CCCCC1. The summed E-state index contributed by atoms with van der Waals surface area (Å²) >= 11 is 1.02. The molecule has 0 aromatic rings. The molecule has 0 saturated heterocycles. The van der Waals surface area contributed by atoms with E-state index in [-0.39, 0.29) is 0 Å². The molecule has 0 heterocycles. The zero-order chi connectivity index (χ0) is 5.82. The Morgan fingerprint density at radius 3 is 2.12 bits per heavy atom. The van der Waals surface area contributed by atoms with Gasteiger partial charge < -0.3 is 0 Å². The van der Waals surface area contributed by atoms with Gasteiger partial charge in [0.25, 0.3) is 0 Å². The van der Waals surface area contributed by atoms with Crippen LogP contribution in [0.25, 0.3) is 0 Å². The quantitative estimate of drug-likeness (QED) is 0.537. The third-order valence-corrected chi connectivity index (χ3v) is 2.78. The fraction of sp³-hybridized carbons (Fsp3) is 1.00. The minimum absolute atomic E-state index is 0.642. The molecule has 0 bridgehead atoms. The monoisotopic (exact) mass is 163 g/mol.